The second kappa shape index (κ2) is 8.77. The minimum Gasteiger partial charge on any atom is -0.495 e. The van der Waals surface area contributed by atoms with Crippen LogP contribution in [0.2, 0.25) is 0 Å². The van der Waals surface area contributed by atoms with Crippen LogP contribution in [-0.2, 0) is 5.75 Å². The fourth-order valence-electron chi connectivity index (χ4n) is 3.62. The zero-order chi connectivity index (χ0) is 23.1. The summed E-state index contributed by atoms with van der Waals surface area (Å²) in [6.45, 7) is 6.02. The number of nitrogens with zero attached hydrogens (tertiary/aromatic N) is 4. The lowest BCUT2D eigenvalue weighted by Crippen LogP contribution is -2.11. The number of thioether (sulfide) groups is 1. The van der Waals surface area contributed by atoms with Crippen molar-refractivity contribution in [2.75, 3.05) is 7.11 Å². The van der Waals surface area contributed by atoms with E-state index in [-0.39, 0.29) is 5.56 Å². The van der Waals surface area contributed by atoms with Gasteiger partial charge in [-0.05, 0) is 55.5 Å². The van der Waals surface area contributed by atoms with Gasteiger partial charge in [-0.25, -0.2) is 4.98 Å². The van der Waals surface area contributed by atoms with E-state index in [1.54, 1.807) is 29.8 Å². The standard InChI is InChI=1S/C23H21N5O2S3/c1-12-7-8-16(30-4)15(10-12)28-20(17-6-5-9-31-17)26-27-23(28)32-11-18-24-21(29)19-13(2)14(3)33-22(19)25-18/h5-10H,11H2,1-4H3,(H,24,25,29). The minimum absolute atomic E-state index is 0.0986. The van der Waals surface area contributed by atoms with E-state index in [9.17, 15) is 4.79 Å². The maximum absolute atomic E-state index is 12.7. The molecule has 0 saturated carbocycles. The molecule has 1 N–H and O–H groups in total. The highest BCUT2D eigenvalue weighted by Crippen LogP contribution is 2.35. The van der Waals surface area contributed by atoms with Crippen molar-refractivity contribution in [1.82, 2.24) is 24.7 Å². The Bertz CT molecular complexity index is 1520. The smallest absolute Gasteiger partial charge is 0.259 e. The molecule has 0 unspecified atom stereocenters. The van der Waals surface area contributed by atoms with Crippen molar-refractivity contribution >= 4 is 44.7 Å². The Morgan fingerprint density at radius 1 is 1.18 bits per heavy atom. The molecule has 4 heterocycles. The van der Waals surface area contributed by atoms with Crippen molar-refractivity contribution in [3.8, 4) is 22.1 Å². The van der Waals surface area contributed by atoms with E-state index in [0.717, 1.165) is 43.0 Å². The summed E-state index contributed by atoms with van der Waals surface area (Å²) >= 11 is 4.63. The molecule has 4 aromatic heterocycles. The van der Waals surface area contributed by atoms with Crippen LogP contribution in [0.1, 0.15) is 21.8 Å². The zero-order valence-corrected chi connectivity index (χ0v) is 21.0. The van der Waals surface area contributed by atoms with E-state index in [1.807, 2.05) is 55.0 Å². The number of hydrogen-bond donors (Lipinski definition) is 1. The molecule has 0 saturated heterocycles. The first-order valence-electron chi connectivity index (χ1n) is 10.2. The number of H-pyrrole nitrogens is 1. The number of aromatic amines is 1. The lowest BCUT2D eigenvalue weighted by atomic mass is 10.2. The molecule has 0 atom stereocenters. The van der Waals surface area contributed by atoms with Gasteiger partial charge < -0.3 is 9.72 Å². The van der Waals surface area contributed by atoms with Crippen LogP contribution in [0.3, 0.4) is 0 Å². The molecule has 0 fully saturated rings. The summed E-state index contributed by atoms with van der Waals surface area (Å²) in [4.78, 5) is 23.2. The highest BCUT2D eigenvalue weighted by molar-refractivity contribution is 7.98. The highest BCUT2D eigenvalue weighted by atomic mass is 32.2. The molecule has 168 valence electrons. The van der Waals surface area contributed by atoms with Crippen molar-refractivity contribution < 1.29 is 4.74 Å². The van der Waals surface area contributed by atoms with Crippen molar-refractivity contribution in [1.29, 1.82) is 0 Å². The summed E-state index contributed by atoms with van der Waals surface area (Å²) < 4.78 is 7.66. The number of nitrogens with one attached hydrogen (secondary N) is 1. The van der Waals surface area contributed by atoms with Crippen molar-refractivity contribution in [2.45, 2.75) is 31.7 Å². The Balaban J connectivity index is 1.57. The lowest BCUT2D eigenvalue weighted by molar-refractivity contribution is 0.412. The molecule has 33 heavy (non-hydrogen) atoms. The maximum atomic E-state index is 12.7. The van der Waals surface area contributed by atoms with Crippen LogP contribution >= 0.6 is 34.4 Å². The molecule has 0 spiro atoms. The van der Waals surface area contributed by atoms with Gasteiger partial charge in [0, 0.05) is 4.88 Å². The third-order valence-corrected chi connectivity index (χ3v) is 8.28. The first kappa shape index (κ1) is 21.9. The fraction of sp³-hybridized carbons (Fsp3) is 0.217. The molecule has 1 aromatic carbocycles. The number of methoxy groups -OCH3 is 1. The Hall–Kier alpha value is -2.95. The van der Waals surface area contributed by atoms with E-state index in [0.29, 0.717) is 22.1 Å². The first-order chi connectivity index (χ1) is 16.0. The number of hydrogen-bond acceptors (Lipinski definition) is 8. The van der Waals surface area contributed by atoms with Gasteiger partial charge in [-0.2, -0.15) is 0 Å². The number of ether oxygens (including phenoxy) is 1. The van der Waals surface area contributed by atoms with Crippen molar-refractivity contribution in [3.05, 3.63) is 67.9 Å². The minimum atomic E-state index is -0.0986. The summed E-state index contributed by atoms with van der Waals surface area (Å²) in [5.74, 6) is 2.55. The van der Waals surface area contributed by atoms with Gasteiger partial charge in [0.15, 0.2) is 11.0 Å². The average molecular weight is 496 g/mol. The quantitative estimate of drug-likeness (QED) is 0.312. The van der Waals surface area contributed by atoms with Crippen molar-refractivity contribution in [3.63, 3.8) is 0 Å². The van der Waals surface area contributed by atoms with Gasteiger partial charge in [-0.15, -0.1) is 32.9 Å². The fourth-order valence-corrected chi connectivity index (χ4v) is 6.18. The van der Waals surface area contributed by atoms with Crippen molar-refractivity contribution in [2.24, 2.45) is 0 Å². The number of aromatic nitrogens is 5. The summed E-state index contributed by atoms with van der Waals surface area (Å²) in [5.41, 5.74) is 2.87. The topological polar surface area (TPSA) is 85.7 Å². The normalized spacial score (nSPS) is 11.4. The number of rotatable bonds is 6. The lowest BCUT2D eigenvalue weighted by Gasteiger charge is -2.14. The summed E-state index contributed by atoms with van der Waals surface area (Å²) in [7, 11) is 1.66. The van der Waals surface area contributed by atoms with Crippen LogP contribution < -0.4 is 10.3 Å². The molecule has 10 heteroatoms. The van der Waals surface area contributed by atoms with Crippen LogP contribution in [0, 0.1) is 20.8 Å². The second-order valence-corrected chi connectivity index (χ2v) is 10.7. The number of fused-ring (bicyclic) bond motifs is 1. The molecule has 5 aromatic rings. The summed E-state index contributed by atoms with van der Waals surface area (Å²) in [6, 6.07) is 10.0. The zero-order valence-electron chi connectivity index (χ0n) is 18.5. The van der Waals surface area contributed by atoms with Gasteiger partial charge in [0.1, 0.15) is 16.4 Å². The monoisotopic (exact) mass is 495 g/mol. The Morgan fingerprint density at radius 3 is 2.79 bits per heavy atom. The molecule has 0 radical (unpaired) electrons. The number of benzene rings is 1. The maximum Gasteiger partial charge on any atom is 0.259 e. The molecule has 0 aliphatic heterocycles. The van der Waals surface area contributed by atoms with E-state index >= 15 is 0 Å². The highest BCUT2D eigenvalue weighted by Gasteiger charge is 2.21. The molecule has 0 bridgehead atoms. The Kier molecular flexibility index (Phi) is 5.81. The van der Waals surface area contributed by atoms with Crippen LogP contribution in [0.4, 0.5) is 0 Å². The largest absolute Gasteiger partial charge is 0.495 e. The van der Waals surface area contributed by atoms with Gasteiger partial charge in [0.25, 0.3) is 5.56 Å². The molecule has 0 aliphatic rings. The number of aryl methyl sites for hydroxylation is 3. The SMILES string of the molecule is COc1ccc(C)cc1-n1c(SCc2nc3sc(C)c(C)c3c(=O)[nH]2)nnc1-c1cccs1. The Labute approximate surface area is 202 Å². The van der Waals surface area contributed by atoms with Crippen LogP contribution in [0.25, 0.3) is 26.6 Å². The van der Waals surface area contributed by atoms with Crippen LogP contribution in [-0.4, -0.2) is 31.8 Å². The predicted octanol–water partition coefficient (Wildman–Crippen LogP) is 5.52. The first-order valence-corrected chi connectivity index (χ1v) is 12.9. The molecule has 7 nitrogen and oxygen atoms in total. The van der Waals surface area contributed by atoms with Gasteiger partial charge in [-0.1, -0.05) is 23.9 Å². The molecule has 5 rings (SSSR count). The van der Waals surface area contributed by atoms with Crippen LogP contribution in [0.5, 0.6) is 5.75 Å². The molecule has 0 aliphatic carbocycles. The van der Waals surface area contributed by atoms with E-state index < -0.39 is 0 Å². The van der Waals surface area contributed by atoms with E-state index in [2.05, 4.69) is 21.2 Å². The second-order valence-electron chi connectivity index (χ2n) is 7.56. The molecular weight excluding hydrogens is 474 g/mol. The van der Waals surface area contributed by atoms with Gasteiger partial charge in [0.05, 0.1) is 28.8 Å². The van der Waals surface area contributed by atoms with Gasteiger partial charge in [-0.3, -0.25) is 9.36 Å². The third-order valence-electron chi connectivity index (χ3n) is 5.38. The molecular formula is C23H21N5O2S3. The average Bonchev–Trinajstić information content (AvgIpc) is 3.52. The summed E-state index contributed by atoms with van der Waals surface area (Å²) in [5, 5.41) is 12.4. The molecule has 0 amide bonds. The Morgan fingerprint density at radius 2 is 2.03 bits per heavy atom. The van der Waals surface area contributed by atoms with Crippen LogP contribution in [0.15, 0.2) is 45.7 Å². The van der Waals surface area contributed by atoms with E-state index in [4.69, 9.17) is 9.72 Å². The van der Waals surface area contributed by atoms with Gasteiger partial charge in [0.2, 0.25) is 0 Å². The van der Waals surface area contributed by atoms with Gasteiger partial charge >= 0.3 is 0 Å². The van der Waals surface area contributed by atoms with E-state index in [1.165, 1.54) is 11.8 Å². The third kappa shape index (κ3) is 3.98. The predicted molar refractivity (Wildman–Crippen MR) is 135 cm³/mol. The summed E-state index contributed by atoms with van der Waals surface area (Å²) in [6.07, 6.45) is 0. The number of thiophene rings is 2.